The van der Waals surface area contributed by atoms with E-state index in [0.29, 0.717) is 12.1 Å². The average molecular weight is 322 g/mol. The molecule has 2 aromatic rings. The van der Waals surface area contributed by atoms with Gasteiger partial charge in [0.2, 0.25) is 0 Å². The molecule has 0 fully saturated rings. The molecule has 0 aliphatic carbocycles. The van der Waals surface area contributed by atoms with E-state index in [1.54, 1.807) is 6.20 Å². The molecule has 4 nitrogen and oxygen atoms in total. The summed E-state index contributed by atoms with van der Waals surface area (Å²) in [4.78, 5) is 16.3. The summed E-state index contributed by atoms with van der Waals surface area (Å²) in [5, 5.41) is 2.92. The van der Waals surface area contributed by atoms with Crippen molar-refractivity contribution in [1.82, 2.24) is 14.9 Å². The topological polar surface area (TPSA) is 46.9 Å². The summed E-state index contributed by atoms with van der Waals surface area (Å²) >= 11 is 3.43. The van der Waals surface area contributed by atoms with Gasteiger partial charge in [-0.15, -0.1) is 0 Å². The number of nitrogens with zero attached hydrogens (tertiary/aromatic N) is 2. The molecule has 1 amide bonds. The zero-order valence-electron chi connectivity index (χ0n) is 11.0. The lowest BCUT2D eigenvalue weighted by Gasteiger charge is -2.08. The van der Waals surface area contributed by atoms with Gasteiger partial charge in [0.15, 0.2) is 0 Å². The average Bonchev–Trinajstić information content (AvgIpc) is 2.78. The van der Waals surface area contributed by atoms with Crippen LogP contribution in [-0.2, 0) is 13.5 Å². The maximum Gasteiger partial charge on any atom is 0.251 e. The molecule has 0 spiro atoms. The molecular weight excluding hydrogens is 306 g/mol. The predicted octanol–water partition coefficient (Wildman–Crippen LogP) is 2.46. The van der Waals surface area contributed by atoms with Crippen LogP contribution in [-0.4, -0.2) is 22.0 Å². The zero-order valence-corrected chi connectivity index (χ0v) is 12.6. The molecule has 100 valence electrons. The highest BCUT2D eigenvalue weighted by Crippen LogP contribution is 2.19. The van der Waals surface area contributed by atoms with Gasteiger partial charge in [-0.1, -0.05) is 22.0 Å². The molecule has 0 saturated carbocycles. The number of carbonyl (C=O) groups excluding carboxylic acids is 1. The Morgan fingerprint density at radius 3 is 2.95 bits per heavy atom. The number of benzene rings is 1. The molecule has 1 aromatic heterocycles. The molecule has 1 aromatic carbocycles. The Bertz CT molecular complexity index is 592. The van der Waals surface area contributed by atoms with Gasteiger partial charge in [-0.2, -0.15) is 0 Å². The number of aryl methyl sites for hydroxylation is 1. The highest BCUT2D eigenvalue weighted by molar-refractivity contribution is 9.10. The largest absolute Gasteiger partial charge is 0.352 e. The molecule has 0 aliphatic rings. The first-order valence-corrected chi connectivity index (χ1v) is 6.88. The minimum absolute atomic E-state index is 0.0481. The van der Waals surface area contributed by atoms with Crippen molar-refractivity contribution in [3.63, 3.8) is 0 Å². The van der Waals surface area contributed by atoms with Crippen molar-refractivity contribution in [2.45, 2.75) is 13.3 Å². The van der Waals surface area contributed by atoms with Crippen molar-refractivity contribution in [2.75, 3.05) is 6.54 Å². The Balaban J connectivity index is 1.95. The Morgan fingerprint density at radius 1 is 1.47 bits per heavy atom. The first-order chi connectivity index (χ1) is 9.09. The van der Waals surface area contributed by atoms with Crippen LogP contribution in [0.1, 0.15) is 21.7 Å². The predicted molar refractivity (Wildman–Crippen MR) is 78.1 cm³/mol. The van der Waals surface area contributed by atoms with Crippen molar-refractivity contribution in [3.8, 4) is 0 Å². The molecule has 19 heavy (non-hydrogen) atoms. The van der Waals surface area contributed by atoms with Crippen LogP contribution in [0.25, 0.3) is 0 Å². The Kier molecular flexibility index (Phi) is 4.37. The van der Waals surface area contributed by atoms with Gasteiger partial charge in [-0.3, -0.25) is 4.79 Å². The number of amides is 1. The van der Waals surface area contributed by atoms with Crippen LogP contribution in [0, 0.1) is 6.92 Å². The number of halogens is 1. The van der Waals surface area contributed by atoms with Gasteiger partial charge in [-0.05, 0) is 24.6 Å². The molecule has 1 heterocycles. The summed E-state index contributed by atoms with van der Waals surface area (Å²) in [5.74, 6) is 0.916. The summed E-state index contributed by atoms with van der Waals surface area (Å²) in [7, 11) is 1.95. The van der Waals surface area contributed by atoms with Gasteiger partial charge in [0.1, 0.15) is 5.82 Å². The van der Waals surface area contributed by atoms with E-state index in [1.807, 2.05) is 42.9 Å². The molecule has 0 radical (unpaired) electrons. The van der Waals surface area contributed by atoms with E-state index < -0.39 is 0 Å². The lowest BCUT2D eigenvalue weighted by atomic mass is 10.1. The minimum atomic E-state index is -0.0481. The van der Waals surface area contributed by atoms with Crippen LogP contribution in [0.2, 0.25) is 0 Å². The number of carbonyl (C=O) groups is 1. The molecule has 0 bridgehead atoms. The summed E-state index contributed by atoms with van der Waals surface area (Å²) in [6.07, 6.45) is 4.38. The molecular formula is C14H16BrN3O. The van der Waals surface area contributed by atoms with Gasteiger partial charge in [0.25, 0.3) is 5.91 Å². The Hall–Kier alpha value is -1.62. The second kappa shape index (κ2) is 6.02. The molecule has 0 unspecified atom stereocenters. The summed E-state index contributed by atoms with van der Waals surface area (Å²) in [6, 6.07) is 5.63. The molecule has 5 heteroatoms. The smallest absolute Gasteiger partial charge is 0.251 e. The number of nitrogens with one attached hydrogen (secondary N) is 1. The summed E-state index contributed by atoms with van der Waals surface area (Å²) in [5.41, 5.74) is 1.66. The van der Waals surface area contributed by atoms with Gasteiger partial charge >= 0.3 is 0 Å². The maximum absolute atomic E-state index is 12.1. The number of rotatable bonds is 4. The lowest BCUT2D eigenvalue weighted by Crippen LogP contribution is -2.27. The van der Waals surface area contributed by atoms with E-state index in [4.69, 9.17) is 0 Å². The quantitative estimate of drug-likeness (QED) is 0.940. The van der Waals surface area contributed by atoms with E-state index in [9.17, 15) is 4.79 Å². The van der Waals surface area contributed by atoms with Crippen LogP contribution < -0.4 is 5.32 Å². The van der Waals surface area contributed by atoms with Crippen LogP contribution in [0.4, 0.5) is 0 Å². The van der Waals surface area contributed by atoms with Crippen molar-refractivity contribution in [3.05, 3.63) is 52.0 Å². The first kappa shape index (κ1) is 13.8. The second-order valence-corrected chi connectivity index (χ2v) is 5.23. The standard InChI is InChI=1S/C14H16BrN3O/c1-10-11(4-3-5-12(10)15)14(19)17-7-6-13-16-8-9-18(13)2/h3-5,8-9H,6-7H2,1-2H3,(H,17,19). The van der Waals surface area contributed by atoms with Crippen LogP contribution in [0.15, 0.2) is 35.1 Å². The number of hydrogen-bond acceptors (Lipinski definition) is 2. The normalized spacial score (nSPS) is 10.5. The van der Waals surface area contributed by atoms with E-state index in [1.165, 1.54) is 0 Å². The van der Waals surface area contributed by atoms with E-state index in [0.717, 1.165) is 22.3 Å². The molecule has 2 rings (SSSR count). The third kappa shape index (κ3) is 3.23. The SMILES string of the molecule is Cc1c(Br)cccc1C(=O)NCCc1nccn1C. The van der Waals surface area contributed by atoms with Crippen molar-refractivity contribution < 1.29 is 4.79 Å². The van der Waals surface area contributed by atoms with E-state index in [-0.39, 0.29) is 5.91 Å². The minimum Gasteiger partial charge on any atom is -0.352 e. The third-order valence-corrected chi connectivity index (χ3v) is 3.93. The molecule has 1 N–H and O–H groups in total. The molecule has 0 saturated heterocycles. The van der Waals surface area contributed by atoms with Crippen LogP contribution in [0.5, 0.6) is 0 Å². The third-order valence-electron chi connectivity index (χ3n) is 3.07. The highest BCUT2D eigenvalue weighted by atomic mass is 79.9. The molecule has 0 aliphatic heterocycles. The van der Waals surface area contributed by atoms with Gasteiger partial charge in [0.05, 0.1) is 0 Å². The fraction of sp³-hybridized carbons (Fsp3) is 0.286. The fourth-order valence-electron chi connectivity index (χ4n) is 1.87. The number of imidazole rings is 1. The highest BCUT2D eigenvalue weighted by Gasteiger charge is 2.10. The van der Waals surface area contributed by atoms with Crippen LogP contribution >= 0.6 is 15.9 Å². The van der Waals surface area contributed by atoms with Crippen molar-refractivity contribution >= 4 is 21.8 Å². The summed E-state index contributed by atoms with van der Waals surface area (Å²) < 4.78 is 2.90. The number of aromatic nitrogens is 2. The zero-order chi connectivity index (χ0) is 13.8. The molecule has 0 atom stereocenters. The van der Waals surface area contributed by atoms with Crippen molar-refractivity contribution in [2.24, 2.45) is 7.05 Å². The number of hydrogen-bond donors (Lipinski definition) is 1. The van der Waals surface area contributed by atoms with E-state index in [2.05, 4.69) is 26.2 Å². The van der Waals surface area contributed by atoms with Crippen molar-refractivity contribution in [1.29, 1.82) is 0 Å². The first-order valence-electron chi connectivity index (χ1n) is 6.09. The van der Waals surface area contributed by atoms with Gasteiger partial charge in [-0.25, -0.2) is 4.98 Å². The summed E-state index contributed by atoms with van der Waals surface area (Å²) in [6.45, 7) is 2.51. The fourth-order valence-corrected chi connectivity index (χ4v) is 2.24. The van der Waals surface area contributed by atoms with Crippen LogP contribution in [0.3, 0.4) is 0 Å². The monoisotopic (exact) mass is 321 g/mol. The van der Waals surface area contributed by atoms with E-state index >= 15 is 0 Å². The van der Waals surface area contributed by atoms with Gasteiger partial charge < -0.3 is 9.88 Å². The second-order valence-electron chi connectivity index (χ2n) is 4.37. The lowest BCUT2D eigenvalue weighted by molar-refractivity contribution is 0.0953. The maximum atomic E-state index is 12.1. The van der Waals surface area contributed by atoms with Gasteiger partial charge in [0, 0.05) is 42.4 Å². The Morgan fingerprint density at radius 2 is 2.26 bits per heavy atom. The Labute approximate surface area is 121 Å².